The summed E-state index contributed by atoms with van der Waals surface area (Å²) in [5, 5.41) is 12.1. The third-order valence-electron chi connectivity index (χ3n) is 5.27. The Kier molecular flexibility index (Phi) is 5.18. The molecule has 0 unspecified atom stereocenters. The van der Waals surface area contributed by atoms with Gasteiger partial charge in [0.1, 0.15) is 0 Å². The topological polar surface area (TPSA) is 55.8 Å². The number of rotatable bonds is 5. The standard InChI is InChI=1S/C18H27N3O2/c1-20(9-10-22)18(23)19-17-8-7-15-12-21(13-16(15)17)11-14-5-3-2-4-6-14/h2-6,15-17,22H,7-13H2,1H3,(H,19,23)/t15-,16+,17-/m1/s1. The molecular weight excluding hydrogens is 290 g/mol. The van der Waals surface area contributed by atoms with Crippen molar-refractivity contribution in [3.8, 4) is 0 Å². The van der Waals surface area contributed by atoms with Crippen molar-refractivity contribution in [2.24, 2.45) is 11.8 Å². The first-order chi connectivity index (χ1) is 11.2. The van der Waals surface area contributed by atoms with Gasteiger partial charge in [0.25, 0.3) is 0 Å². The average molecular weight is 317 g/mol. The van der Waals surface area contributed by atoms with Crippen molar-refractivity contribution < 1.29 is 9.90 Å². The number of aliphatic hydroxyl groups is 1. The molecular formula is C18H27N3O2. The van der Waals surface area contributed by atoms with E-state index in [4.69, 9.17) is 5.11 Å². The third-order valence-corrected chi connectivity index (χ3v) is 5.27. The minimum Gasteiger partial charge on any atom is -0.395 e. The minimum atomic E-state index is -0.0637. The summed E-state index contributed by atoms with van der Waals surface area (Å²) in [7, 11) is 1.73. The lowest BCUT2D eigenvalue weighted by Gasteiger charge is -2.25. The third kappa shape index (κ3) is 3.85. The van der Waals surface area contributed by atoms with Crippen LogP contribution in [0.4, 0.5) is 4.79 Å². The van der Waals surface area contributed by atoms with E-state index < -0.39 is 0 Å². The Morgan fingerprint density at radius 3 is 2.83 bits per heavy atom. The molecule has 1 aliphatic heterocycles. The zero-order chi connectivity index (χ0) is 16.2. The number of fused-ring (bicyclic) bond motifs is 1. The highest BCUT2D eigenvalue weighted by atomic mass is 16.3. The number of nitrogens with one attached hydrogen (secondary N) is 1. The lowest BCUT2D eigenvalue weighted by Crippen LogP contribution is -2.46. The Morgan fingerprint density at radius 2 is 2.09 bits per heavy atom. The van der Waals surface area contributed by atoms with Crippen LogP contribution in [-0.4, -0.2) is 60.3 Å². The molecule has 3 rings (SSSR count). The smallest absolute Gasteiger partial charge is 0.317 e. The molecule has 0 aromatic heterocycles. The number of likely N-dealkylation sites (tertiary alicyclic amines) is 1. The zero-order valence-corrected chi connectivity index (χ0v) is 13.8. The van der Waals surface area contributed by atoms with Gasteiger partial charge in [-0.25, -0.2) is 4.79 Å². The first-order valence-corrected chi connectivity index (χ1v) is 8.56. The van der Waals surface area contributed by atoms with Gasteiger partial charge in [-0.1, -0.05) is 30.3 Å². The first-order valence-electron chi connectivity index (χ1n) is 8.56. The lowest BCUT2D eigenvalue weighted by atomic mass is 9.98. The van der Waals surface area contributed by atoms with E-state index >= 15 is 0 Å². The molecule has 2 aliphatic rings. The molecule has 1 aliphatic carbocycles. The van der Waals surface area contributed by atoms with Gasteiger partial charge in [0, 0.05) is 39.3 Å². The van der Waals surface area contributed by atoms with Crippen LogP contribution in [-0.2, 0) is 6.54 Å². The molecule has 2 N–H and O–H groups in total. The molecule has 1 saturated heterocycles. The van der Waals surface area contributed by atoms with Crippen molar-refractivity contribution in [2.45, 2.75) is 25.4 Å². The molecule has 1 aromatic rings. The number of benzene rings is 1. The quantitative estimate of drug-likeness (QED) is 0.866. The van der Waals surface area contributed by atoms with Crippen molar-refractivity contribution in [1.82, 2.24) is 15.1 Å². The summed E-state index contributed by atoms with van der Waals surface area (Å²) in [5.74, 6) is 1.26. The van der Waals surface area contributed by atoms with Crippen LogP contribution >= 0.6 is 0 Å². The Morgan fingerprint density at radius 1 is 1.30 bits per heavy atom. The lowest BCUT2D eigenvalue weighted by molar-refractivity contribution is 0.183. The Bertz CT molecular complexity index is 522. The second kappa shape index (κ2) is 7.32. The van der Waals surface area contributed by atoms with Gasteiger partial charge < -0.3 is 15.3 Å². The number of carbonyl (C=O) groups excluding carboxylic acids is 1. The summed E-state index contributed by atoms with van der Waals surface area (Å²) in [6.45, 7) is 3.59. The van der Waals surface area contributed by atoms with E-state index in [2.05, 4.69) is 40.5 Å². The fourth-order valence-corrected chi connectivity index (χ4v) is 4.03. The highest BCUT2D eigenvalue weighted by Crippen LogP contribution is 2.38. The van der Waals surface area contributed by atoms with Crippen molar-refractivity contribution in [3.63, 3.8) is 0 Å². The predicted molar refractivity (Wildman–Crippen MR) is 90.0 cm³/mol. The van der Waals surface area contributed by atoms with E-state index in [1.807, 2.05) is 0 Å². The van der Waals surface area contributed by atoms with Crippen LogP contribution in [0.15, 0.2) is 30.3 Å². The highest BCUT2D eigenvalue weighted by Gasteiger charge is 2.43. The van der Waals surface area contributed by atoms with Crippen molar-refractivity contribution in [3.05, 3.63) is 35.9 Å². The molecule has 23 heavy (non-hydrogen) atoms. The van der Waals surface area contributed by atoms with Gasteiger partial charge in [0.05, 0.1) is 6.61 Å². The molecule has 0 spiro atoms. The van der Waals surface area contributed by atoms with Crippen LogP contribution in [0.2, 0.25) is 0 Å². The van der Waals surface area contributed by atoms with E-state index in [1.165, 1.54) is 12.0 Å². The summed E-state index contributed by atoms with van der Waals surface area (Å²) in [6, 6.07) is 10.8. The minimum absolute atomic E-state index is 0.00545. The van der Waals surface area contributed by atoms with Gasteiger partial charge in [-0.3, -0.25) is 4.90 Å². The largest absolute Gasteiger partial charge is 0.395 e. The average Bonchev–Trinajstić information content (AvgIpc) is 3.10. The number of amides is 2. The molecule has 3 atom stereocenters. The maximum atomic E-state index is 12.1. The number of hydrogen-bond acceptors (Lipinski definition) is 3. The van der Waals surface area contributed by atoms with E-state index in [1.54, 1.807) is 11.9 Å². The number of nitrogens with zero attached hydrogens (tertiary/aromatic N) is 2. The molecule has 1 saturated carbocycles. The molecule has 126 valence electrons. The molecule has 5 heteroatoms. The van der Waals surface area contributed by atoms with Crippen molar-refractivity contribution >= 4 is 6.03 Å². The Hall–Kier alpha value is -1.59. The van der Waals surface area contributed by atoms with Crippen molar-refractivity contribution in [2.75, 3.05) is 33.3 Å². The van der Waals surface area contributed by atoms with Gasteiger partial charge in [-0.2, -0.15) is 0 Å². The summed E-state index contributed by atoms with van der Waals surface area (Å²) in [5.41, 5.74) is 1.36. The maximum Gasteiger partial charge on any atom is 0.317 e. The fourth-order valence-electron chi connectivity index (χ4n) is 4.03. The molecule has 1 aromatic carbocycles. The van der Waals surface area contributed by atoms with Gasteiger partial charge in [-0.05, 0) is 30.2 Å². The van der Waals surface area contributed by atoms with E-state index in [0.29, 0.717) is 18.4 Å². The van der Waals surface area contributed by atoms with Gasteiger partial charge >= 0.3 is 6.03 Å². The molecule has 2 fully saturated rings. The number of hydrogen-bond donors (Lipinski definition) is 2. The number of aliphatic hydroxyl groups excluding tert-OH is 1. The summed E-state index contributed by atoms with van der Waals surface area (Å²) < 4.78 is 0. The number of carbonyl (C=O) groups is 1. The second-order valence-corrected chi connectivity index (χ2v) is 6.88. The summed E-state index contributed by atoms with van der Waals surface area (Å²) in [4.78, 5) is 16.2. The summed E-state index contributed by atoms with van der Waals surface area (Å²) >= 11 is 0. The van der Waals surface area contributed by atoms with Crippen LogP contribution in [0.3, 0.4) is 0 Å². The maximum absolute atomic E-state index is 12.1. The summed E-state index contributed by atoms with van der Waals surface area (Å²) in [6.07, 6.45) is 2.28. The van der Waals surface area contributed by atoms with Crippen molar-refractivity contribution in [1.29, 1.82) is 0 Å². The van der Waals surface area contributed by atoms with E-state index in [-0.39, 0.29) is 18.7 Å². The SMILES string of the molecule is CN(CCO)C(=O)N[C@@H]1CC[C@@H]2CN(Cc3ccccc3)C[C@@H]21. The van der Waals surface area contributed by atoms with Crippen LogP contribution in [0.1, 0.15) is 18.4 Å². The highest BCUT2D eigenvalue weighted by molar-refractivity contribution is 5.74. The Balaban J connectivity index is 1.53. The van der Waals surface area contributed by atoms with E-state index in [9.17, 15) is 4.79 Å². The second-order valence-electron chi connectivity index (χ2n) is 6.88. The molecule has 0 bridgehead atoms. The Labute approximate surface area is 138 Å². The van der Waals surface area contributed by atoms with Crippen LogP contribution in [0, 0.1) is 11.8 Å². The van der Waals surface area contributed by atoms with E-state index in [0.717, 1.165) is 26.1 Å². The molecule has 1 heterocycles. The van der Waals surface area contributed by atoms with Gasteiger partial charge in [-0.15, -0.1) is 0 Å². The number of likely N-dealkylation sites (N-methyl/N-ethyl adjacent to an activating group) is 1. The zero-order valence-electron chi connectivity index (χ0n) is 13.8. The first kappa shape index (κ1) is 16.3. The normalized spacial score (nSPS) is 27.0. The van der Waals surface area contributed by atoms with Crippen LogP contribution in [0.25, 0.3) is 0 Å². The monoisotopic (exact) mass is 317 g/mol. The molecule has 5 nitrogen and oxygen atoms in total. The van der Waals surface area contributed by atoms with Crippen LogP contribution < -0.4 is 5.32 Å². The number of urea groups is 1. The van der Waals surface area contributed by atoms with Crippen LogP contribution in [0.5, 0.6) is 0 Å². The molecule has 0 radical (unpaired) electrons. The van der Waals surface area contributed by atoms with Gasteiger partial charge in [0.15, 0.2) is 0 Å². The predicted octanol–water partition coefficient (Wildman–Crippen LogP) is 1.53. The van der Waals surface area contributed by atoms with Gasteiger partial charge in [0.2, 0.25) is 0 Å². The fraction of sp³-hybridized carbons (Fsp3) is 0.611. The molecule has 2 amide bonds.